The van der Waals surface area contributed by atoms with Crippen molar-refractivity contribution in [2.75, 3.05) is 13.2 Å². The highest BCUT2D eigenvalue weighted by Crippen LogP contribution is 2.62. The van der Waals surface area contributed by atoms with Gasteiger partial charge < -0.3 is 13.8 Å². The Morgan fingerprint density at radius 3 is 2.11 bits per heavy atom. The van der Waals surface area contributed by atoms with Crippen molar-refractivity contribution >= 4 is 13.9 Å². The van der Waals surface area contributed by atoms with Crippen LogP contribution in [-0.4, -0.2) is 24.7 Å². The van der Waals surface area contributed by atoms with Gasteiger partial charge in [-0.1, -0.05) is 11.6 Å². The van der Waals surface area contributed by atoms with Crippen molar-refractivity contribution in [2.45, 2.75) is 59.0 Å². The summed E-state index contributed by atoms with van der Waals surface area (Å²) in [6.07, 6.45) is 4.42. The van der Waals surface area contributed by atoms with Crippen LogP contribution in [0.1, 0.15) is 53.9 Å². The van der Waals surface area contributed by atoms with Gasteiger partial charge in [0, 0.05) is 6.42 Å². The zero-order chi connectivity index (χ0) is 14.9. The highest BCUT2D eigenvalue weighted by Gasteiger charge is 2.46. The Labute approximate surface area is 117 Å². The molecule has 5 heteroatoms. The van der Waals surface area contributed by atoms with Gasteiger partial charge in [0.2, 0.25) is 0 Å². The van der Waals surface area contributed by atoms with Crippen LogP contribution in [0, 0.1) is 0 Å². The quantitative estimate of drug-likeness (QED) is 0.341. The van der Waals surface area contributed by atoms with Gasteiger partial charge in [0.15, 0.2) is 0 Å². The predicted molar refractivity (Wildman–Crippen MR) is 78.6 cm³/mol. The third-order valence-electron chi connectivity index (χ3n) is 3.02. The van der Waals surface area contributed by atoms with E-state index in [9.17, 15) is 9.36 Å². The molecule has 0 fully saturated rings. The molecule has 0 heterocycles. The summed E-state index contributed by atoms with van der Waals surface area (Å²) in [4.78, 5) is 10.9. The summed E-state index contributed by atoms with van der Waals surface area (Å²) in [7, 11) is -3.28. The molecule has 0 saturated carbocycles. The molecular formula is C14H27O4P. The van der Waals surface area contributed by atoms with Gasteiger partial charge in [0.05, 0.1) is 18.4 Å². The molecule has 4 nitrogen and oxygen atoms in total. The molecule has 0 aromatic carbocycles. The molecule has 0 amide bonds. The Hall–Kier alpha value is -0.440. The van der Waals surface area contributed by atoms with Crippen LogP contribution in [0.5, 0.6) is 0 Å². The van der Waals surface area contributed by atoms with Gasteiger partial charge in [-0.25, -0.2) is 0 Å². The maximum atomic E-state index is 12.9. The molecular weight excluding hydrogens is 263 g/mol. The monoisotopic (exact) mass is 290 g/mol. The Bertz CT molecular complexity index is 337. The van der Waals surface area contributed by atoms with Gasteiger partial charge in [0.1, 0.15) is 6.29 Å². The van der Waals surface area contributed by atoms with Gasteiger partial charge in [-0.15, -0.1) is 0 Å². The first-order valence-electron chi connectivity index (χ1n) is 6.81. The molecule has 0 aliphatic carbocycles. The van der Waals surface area contributed by atoms with Crippen molar-refractivity contribution in [3.8, 4) is 0 Å². The van der Waals surface area contributed by atoms with Gasteiger partial charge >= 0.3 is 7.60 Å². The fraction of sp³-hybridized carbons (Fsp3) is 0.786. The lowest BCUT2D eigenvalue weighted by Crippen LogP contribution is -2.28. The highest BCUT2D eigenvalue weighted by molar-refractivity contribution is 7.55. The van der Waals surface area contributed by atoms with E-state index in [1.54, 1.807) is 13.8 Å². The van der Waals surface area contributed by atoms with Gasteiger partial charge in [-0.3, -0.25) is 4.57 Å². The van der Waals surface area contributed by atoms with Crippen LogP contribution < -0.4 is 0 Å². The molecule has 1 unspecified atom stereocenters. The fourth-order valence-electron chi connectivity index (χ4n) is 1.89. The highest BCUT2D eigenvalue weighted by atomic mass is 31.2. The van der Waals surface area contributed by atoms with Crippen molar-refractivity contribution in [1.82, 2.24) is 0 Å². The molecule has 1 atom stereocenters. The topological polar surface area (TPSA) is 52.6 Å². The van der Waals surface area contributed by atoms with Gasteiger partial charge in [0.25, 0.3) is 0 Å². The van der Waals surface area contributed by atoms with E-state index < -0.39 is 12.8 Å². The molecule has 112 valence electrons. The lowest BCUT2D eigenvalue weighted by Gasteiger charge is -2.34. The number of hydrogen-bond donors (Lipinski definition) is 0. The summed E-state index contributed by atoms with van der Waals surface area (Å²) in [5, 5.41) is -0.757. The molecule has 0 aromatic heterocycles. The minimum atomic E-state index is -3.28. The average molecular weight is 290 g/mol. The summed E-state index contributed by atoms with van der Waals surface area (Å²) in [5.74, 6) is 0. The standard InChI is InChI=1S/C14H27O4P/c1-6-17-19(16,18-7-2)14(5,11-12-15)10-8-9-13(3)4/h9,12H,6-8,10-11H2,1-5H3. The van der Waals surface area contributed by atoms with E-state index in [2.05, 4.69) is 6.08 Å². The fourth-order valence-corrected chi connectivity index (χ4v) is 3.97. The maximum absolute atomic E-state index is 12.9. The second-order valence-electron chi connectivity index (χ2n) is 5.02. The Balaban J connectivity index is 5.13. The van der Waals surface area contributed by atoms with Crippen LogP contribution in [0.25, 0.3) is 0 Å². The van der Waals surface area contributed by atoms with Crippen molar-refractivity contribution in [3.05, 3.63) is 11.6 Å². The third kappa shape index (κ3) is 5.60. The summed E-state index contributed by atoms with van der Waals surface area (Å²) >= 11 is 0. The zero-order valence-corrected chi connectivity index (χ0v) is 13.7. The molecule has 0 radical (unpaired) electrons. The first kappa shape index (κ1) is 18.6. The Morgan fingerprint density at radius 1 is 1.21 bits per heavy atom. The number of hydrogen-bond acceptors (Lipinski definition) is 4. The molecule has 0 saturated heterocycles. The van der Waals surface area contributed by atoms with E-state index in [1.165, 1.54) is 5.57 Å². The molecule has 0 N–H and O–H groups in total. The number of rotatable bonds is 10. The van der Waals surface area contributed by atoms with Crippen LogP contribution in [0.3, 0.4) is 0 Å². The maximum Gasteiger partial charge on any atom is 0.336 e. The first-order chi connectivity index (χ1) is 8.85. The van der Waals surface area contributed by atoms with Crippen molar-refractivity contribution < 1.29 is 18.4 Å². The smallest absolute Gasteiger partial charge is 0.308 e. The summed E-state index contributed by atoms with van der Waals surface area (Å²) < 4.78 is 23.7. The summed E-state index contributed by atoms with van der Waals surface area (Å²) in [5.41, 5.74) is 1.20. The van der Waals surface area contributed by atoms with Crippen LogP contribution in [0.4, 0.5) is 0 Å². The van der Waals surface area contributed by atoms with E-state index in [4.69, 9.17) is 9.05 Å². The van der Waals surface area contributed by atoms with Gasteiger partial charge in [-0.2, -0.15) is 0 Å². The second-order valence-corrected chi connectivity index (χ2v) is 7.61. The van der Waals surface area contributed by atoms with E-state index in [0.29, 0.717) is 19.6 Å². The summed E-state index contributed by atoms with van der Waals surface area (Å²) in [6, 6.07) is 0. The molecule has 19 heavy (non-hydrogen) atoms. The van der Waals surface area contributed by atoms with Crippen LogP contribution in [-0.2, 0) is 18.4 Å². The average Bonchev–Trinajstić information content (AvgIpc) is 2.29. The normalized spacial score (nSPS) is 14.8. The largest absolute Gasteiger partial charge is 0.336 e. The van der Waals surface area contributed by atoms with E-state index in [0.717, 1.165) is 12.7 Å². The Morgan fingerprint density at radius 2 is 1.74 bits per heavy atom. The number of allylic oxidation sites excluding steroid dienone is 2. The van der Waals surface area contributed by atoms with E-state index in [-0.39, 0.29) is 6.42 Å². The number of carbonyl (C=O) groups excluding carboxylic acids is 1. The van der Waals surface area contributed by atoms with Crippen molar-refractivity contribution in [1.29, 1.82) is 0 Å². The molecule has 0 spiro atoms. The minimum Gasteiger partial charge on any atom is -0.308 e. The minimum absolute atomic E-state index is 0.181. The van der Waals surface area contributed by atoms with Crippen molar-refractivity contribution in [2.24, 2.45) is 0 Å². The number of carbonyl (C=O) groups is 1. The lowest BCUT2D eigenvalue weighted by molar-refractivity contribution is -0.108. The molecule has 0 rings (SSSR count). The van der Waals surface area contributed by atoms with Gasteiger partial charge in [-0.05, 0) is 47.5 Å². The van der Waals surface area contributed by atoms with Crippen LogP contribution in [0.15, 0.2) is 11.6 Å². The molecule has 0 aliphatic heterocycles. The second kappa shape index (κ2) is 8.68. The molecule has 0 aliphatic rings. The van der Waals surface area contributed by atoms with Crippen molar-refractivity contribution in [3.63, 3.8) is 0 Å². The van der Waals surface area contributed by atoms with E-state index >= 15 is 0 Å². The number of aldehydes is 1. The molecule has 0 bridgehead atoms. The lowest BCUT2D eigenvalue weighted by atomic mass is 10.0. The summed E-state index contributed by atoms with van der Waals surface area (Å²) in [6.45, 7) is 10.0. The van der Waals surface area contributed by atoms with E-state index in [1.807, 2.05) is 20.8 Å². The zero-order valence-electron chi connectivity index (χ0n) is 12.8. The Kier molecular flexibility index (Phi) is 8.47. The third-order valence-corrected chi connectivity index (χ3v) is 5.94. The predicted octanol–water partition coefficient (Wildman–Crippen LogP) is 4.35. The molecule has 0 aromatic rings. The van der Waals surface area contributed by atoms with Crippen LogP contribution in [0.2, 0.25) is 0 Å². The first-order valence-corrected chi connectivity index (χ1v) is 8.35. The van der Waals surface area contributed by atoms with Crippen LogP contribution >= 0.6 is 7.60 Å². The SMILES string of the molecule is CCOP(=O)(OCC)C(C)(CC=O)CCC=C(C)C.